The molecule has 21 heavy (non-hydrogen) atoms. The van der Waals surface area contributed by atoms with Gasteiger partial charge in [-0.2, -0.15) is 0 Å². The Morgan fingerprint density at radius 3 is 2.90 bits per heavy atom. The summed E-state index contributed by atoms with van der Waals surface area (Å²) in [6.07, 6.45) is 3.75. The number of hydrogen-bond donors (Lipinski definition) is 2. The number of nitrogens with zero attached hydrogens (tertiary/aromatic N) is 1. The summed E-state index contributed by atoms with van der Waals surface area (Å²) in [5.74, 6) is 0.719. The molecule has 3 N–H and O–H groups in total. The molecule has 0 aromatic heterocycles. The molecular formula is C16H24N2O3. The number of nitrogens with two attached hydrogens (primary N) is 1. The SMILES string of the molecule is COc1cc(CN(C)C(=O)C2CCCC(N)C2)ccc1O. The van der Waals surface area contributed by atoms with Crippen LogP contribution in [0.1, 0.15) is 31.2 Å². The van der Waals surface area contributed by atoms with Crippen molar-refractivity contribution in [2.75, 3.05) is 14.2 Å². The zero-order chi connectivity index (χ0) is 15.4. The molecule has 2 atom stereocenters. The van der Waals surface area contributed by atoms with Gasteiger partial charge in [-0.15, -0.1) is 0 Å². The number of amides is 1. The zero-order valence-corrected chi connectivity index (χ0v) is 12.7. The van der Waals surface area contributed by atoms with Crippen molar-refractivity contribution in [3.8, 4) is 11.5 Å². The Hall–Kier alpha value is -1.75. The van der Waals surface area contributed by atoms with Crippen molar-refractivity contribution in [2.24, 2.45) is 11.7 Å². The number of carbonyl (C=O) groups is 1. The van der Waals surface area contributed by atoms with Crippen molar-refractivity contribution >= 4 is 5.91 Å². The number of ether oxygens (including phenoxy) is 1. The summed E-state index contributed by atoms with van der Waals surface area (Å²) >= 11 is 0. The Labute approximate surface area is 125 Å². The minimum atomic E-state index is 0.0396. The fourth-order valence-corrected chi connectivity index (χ4v) is 2.94. The number of phenolic OH excluding ortho intramolecular Hbond substituents is 1. The van der Waals surface area contributed by atoms with Crippen LogP contribution in [0, 0.1) is 5.92 Å². The molecule has 0 radical (unpaired) electrons. The Balaban J connectivity index is 2.00. The second-order valence-corrected chi connectivity index (χ2v) is 5.82. The Kier molecular flexibility index (Phi) is 5.07. The summed E-state index contributed by atoms with van der Waals surface area (Å²) in [6, 6.07) is 5.29. The first-order chi connectivity index (χ1) is 10.0. The first-order valence-corrected chi connectivity index (χ1v) is 7.37. The van der Waals surface area contributed by atoms with Gasteiger partial charge in [0.1, 0.15) is 0 Å². The molecule has 0 saturated heterocycles. The molecule has 5 heteroatoms. The van der Waals surface area contributed by atoms with E-state index in [1.165, 1.54) is 7.11 Å². The molecule has 1 aromatic carbocycles. The van der Waals surface area contributed by atoms with Crippen LogP contribution in [0.5, 0.6) is 11.5 Å². The molecule has 0 aliphatic heterocycles. The highest BCUT2D eigenvalue weighted by molar-refractivity contribution is 5.78. The van der Waals surface area contributed by atoms with E-state index in [0.29, 0.717) is 12.3 Å². The van der Waals surface area contributed by atoms with Crippen LogP contribution >= 0.6 is 0 Å². The van der Waals surface area contributed by atoms with E-state index in [4.69, 9.17) is 10.5 Å². The maximum atomic E-state index is 12.5. The van der Waals surface area contributed by atoms with E-state index in [1.807, 2.05) is 7.05 Å². The van der Waals surface area contributed by atoms with Crippen molar-refractivity contribution in [3.05, 3.63) is 23.8 Å². The lowest BCUT2D eigenvalue weighted by atomic mass is 9.85. The first-order valence-electron chi connectivity index (χ1n) is 7.37. The van der Waals surface area contributed by atoms with Crippen molar-refractivity contribution < 1.29 is 14.6 Å². The lowest BCUT2D eigenvalue weighted by Gasteiger charge is -2.29. The number of benzene rings is 1. The van der Waals surface area contributed by atoms with Gasteiger partial charge < -0.3 is 20.5 Å². The molecule has 1 aromatic rings. The summed E-state index contributed by atoms with van der Waals surface area (Å²) in [7, 11) is 3.32. The van der Waals surface area contributed by atoms with Crippen LogP contribution in [-0.4, -0.2) is 36.1 Å². The Morgan fingerprint density at radius 1 is 1.48 bits per heavy atom. The van der Waals surface area contributed by atoms with Gasteiger partial charge >= 0.3 is 0 Å². The number of rotatable bonds is 4. The van der Waals surface area contributed by atoms with Crippen LogP contribution in [0.25, 0.3) is 0 Å². The van der Waals surface area contributed by atoms with Gasteiger partial charge in [-0.25, -0.2) is 0 Å². The van der Waals surface area contributed by atoms with Crippen molar-refractivity contribution in [1.82, 2.24) is 4.90 Å². The number of hydrogen-bond acceptors (Lipinski definition) is 4. The minimum absolute atomic E-state index is 0.0396. The van der Waals surface area contributed by atoms with Gasteiger partial charge in [0.15, 0.2) is 11.5 Å². The topological polar surface area (TPSA) is 75.8 Å². The van der Waals surface area contributed by atoms with E-state index >= 15 is 0 Å². The van der Waals surface area contributed by atoms with E-state index in [-0.39, 0.29) is 23.6 Å². The third-order valence-corrected chi connectivity index (χ3v) is 4.10. The van der Waals surface area contributed by atoms with Crippen molar-refractivity contribution in [1.29, 1.82) is 0 Å². The van der Waals surface area contributed by atoms with Gasteiger partial charge in [-0.1, -0.05) is 12.5 Å². The maximum absolute atomic E-state index is 12.5. The third kappa shape index (κ3) is 3.88. The number of aromatic hydroxyl groups is 1. The van der Waals surface area contributed by atoms with Gasteiger partial charge in [0.2, 0.25) is 5.91 Å². The molecule has 0 bridgehead atoms. The van der Waals surface area contributed by atoms with Gasteiger partial charge in [0.05, 0.1) is 7.11 Å². The fourth-order valence-electron chi connectivity index (χ4n) is 2.94. The van der Waals surface area contributed by atoms with Crippen LogP contribution in [0.4, 0.5) is 0 Å². The smallest absolute Gasteiger partial charge is 0.225 e. The molecule has 1 saturated carbocycles. The molecule has 116 valence electrons. The molecule has 1 aliphatic rings. The summed E-state index contributed by atoms with van der Waals surface area (Å²) in [5.41, 5.74) is 6.89. The van der Waals surface area contributed by atoms with Crippen molar-refractivity contribution in [3.63, 3.8) is 0 Å². The number of methoxy groups -OCH3 is 1. The monoisotopic (exact) mass is 292 g/mol. The van der Waals surface area contributed by atoms with E-state index < -0.39 is 0 Å². The normalized spacial score (nSPS) is 21.9. The van der Waals surface area contributed by atoms with Gasteiger partial charge in [-0.3, -0.25) is 4.79 Å². The number of carbonyl (C=O) groups excluding carboxylic acids is 1. The van der Waals surface area contributed by atoms with Crippen LogP contribution in [0.2, 0.25) is 0 Å². The Bertz CT molecular complexity index is 504. The van der Waals surface area contributed by atoms with E-state index in [0.717, 1.165) is 31.2 Å². The molecule has 5 nitrogen and oxygen atoms in total. The van der Waals surface area contributed by atoms with E-state index in [9.17, 15) is 9.90 Å². The highest BCUT2D eigenvalue weighted by Gasteiger charge is 2.27. The predicted molar refractivity (Wildman–Crippen MR) is 81.1 cm³/mol. The van der Waals surface area contributed by atoms with E-state index in [2.05, 4.69) is 0 Å². The average molecular weight is 292 g/mol. The third-order valence-electron chi connectivity index (χ3n) is 4.10. The van der Waals surface area contributed by atoms with Gasteiger partial charge in [0, 0.05) is 25.6 Å². The van der Waals surface area contributed by atoms with Gasteiger partial charge in [0.25, 0.3) is 0 Å². The largest absolute Gasteiger partial charge is 0.504 e. The van der Waals surface area contributed by atoms with Crippen LogP contribution in [0.15, 0.2) is 18.2 Å². The van der Waals surface area contributed by atoms with Crippen LogP contribution in [-0.2, 0) is 11.3 Å². The van der Waals surface area contributed by atoms with Crippen molar-refractivity contribution in [2.45, 2.75) is 38.3 Å². The average Bonchev–Trinajstić information content (AvgIpc) is 2.48. The zero-order valence-electron chi connectivity index (χ0n) is 12.7. The predicted octanol–water partition coefficient (Wildman–Crippen LogP) is 1.88. The molecule has 1 amide bonds. The lowest BCUT2D eigenvalue weighted by molar-refractivity contribution is -0.135. The maximum Gasteiger partial charge on any atom is 0.225 e. The summed E-state index contributed by atoms with van der Waals surface area (Å²) in [6.45, 7) is 0.501. The fraction of sp³-hybridized carbons (Fsp3) is 0.562. The molecule has 2 unspecified atom stereocenters. The molecule has 0 heterocycles. The van der Waals surface area contributed by atoms with Gasteiger partial charge in [-0.05, 0) is 37.0 Å². The molecule has 0 spiro atoms. The molecule has 1 fully saturated rings. The summed E-state index contributed by atoms with van der Waals surface area (Å²) in [5, 5.41) is 9.59. The molecule has 1 aliphatic carbocycles. The highest BCUT2D eigenvalue weighted by atomic mass is 16.5. The van der Waals surface area contributed by atoms with E-state index in [1.54, 1.807) is 23.1 Å². The summed E-state index contributed by atoms with van der Waals surface area (Å²) in [4.78, 5) is 14.2. The second kappa shape index (κ2) is 6.80. The van der Waals surface area contributed by atoms with Crippen LogP contribution in [0.3, 0.4) is 0 Å². The first kappa shape index (κ1) is 15.6. The van der Waals surface area contributed by atoms with Crippen LogP contribution < -0.4 is 10.5 Å². The molecule has 2 rings (SSSR count). The summed E-state index contributed by atoms with van der Waals surface area (Å²) < 4.78 is 5.09. The standard InChI is InChI=1S/C16H24N2O3/c1-18(16(20)12-4-3-5-13(17)9-12)10-11-6-7-14(19)15(8-11)21-2/h6-8,12-13,19H,3-5,9-10,17H2,1-2H3. The Morgan fingerprint density at radius 2 is 2.24 bits per heavy atom. The molecular weight excluding hydrogens is 268 g/mol. The quantitative estimate of drug-likeness (QED) is 0.888. The highest BCUT2D eigenvalue weighted by Crippen LogP contribution is 2.28. The lowest BCUT2D eigenvalue weighted by Crippen LogP contribution is -2.38. The number of phenols is 1. The second-order valence-electron chi connectivity index (χ2n) is 5.82. The minimum Gasteiger partial charge on any atom is -0.504 e.